The average molecular weight is 679 g/mol. The molecular weight excluding hydrogens is 641 g/mol. The lowest BCUT2D eigenvalue weighted by Crippen LogP contribution is -1.92. The maximum Gasteiger partial charge on any atom is 0.136 e. The van der Waals surface area contributed by atoms with Crippen molar-refractivity contribution in [1.82, 2.24) is 0 Å². The van der Waals surface area contributed by atoms with Gasteiger partial charge in [0.15, 0.2) is 0 Å². The molecule has 0 unspecified atom stereocenters. The van der Waals surface area contributed by atoms with E-state index in [0.717, 1.165) is 65.3 Å². The van der Waals surface area contributed by atoms with Gasteiger partial charge in [-0.3, -0.25) is 0 Å². The Bertz CT molecular complexity index is 3510. The molecule has 0 spiro atoms. The molecule has 53 heavy (non-hydrogen) atoms. The highest BCUT2D eigenvalue weighted by atomic mass is 16.3. The molecule has 0 saturated carbocycles. The van der Waals surface area contributed by atoms with Gasteiger partial charge in [0, 0.05) is 10.8 Å². The van der Waals surface area contributed by atoms with Crippen molar-refractivity contribution in [3.8, 4) is 44.5 Å². The van der Waals surface area contributed by atoms with E-state index in [4.69, 9.17) is 7.16 Å². The van der Waals surface area contributed by atoms with Crippen molar-refractivity contribution in [3.05, 3.63) is 194 Å². The molecule has 0 atom stereocenters. The molecule has 0 aliphatic carbocycles. The second-order valence-electron chi connectivity index (χ2n) is 13.5. The van der Waals surface area contributed by atoms with E-state index in [2.05, 4.69) is 66.7 Å². The third-order valence-electron chi connectivity index (χ3n) is 10.6. The Morgan fingerprint density at radius 3 is 1.49 bits per heavy atom. The highest BCUT2D eigenvalue weighted by Crippen LogP contribution is 2.47. The van der Waals surface area contributed by atoms with E-state index in [-0.39, 0.29) is 40.5 Å². The number of hydrogen-bond acceptors (Lipinski definition) is 1. The van der Waals surface area contributed by atoms with Crippen LogP contribution >= 0.6 is 0 Å². The second-order valence-corrected chi connectivity index (χ2v) is 13.5. The van der Waals surface area contributed by atoms with Gasteiger partial charge in [0.25, 0.3) is 0 Å². The molecule has 0 fully saturated rings. The molecule has 0 amide bonds. The molecule has 1 nitrogen and oxygen atoms in total. The van der Waals surface area contributed by atoms with Gasteiger partial charge in [-0.15, -0.1) is 0 Å². The lowest BCUT2D eigenvalue weighted by atomic mass is 9.84. The van der Waals surface area contributed by atoms with Crippen LogP contribution in [0.3, 0.4) is 0 Å². The molecule has 1 heterocycles. The van der Waals surface area contributed by atoms with Crippen LogP contribution in [0.1, 0.15) is 8.22 Å². The summed E-state index contributed by atoms with van der Waals surface area (Å²) in [5.74, 6) is 0. The van der Waals surface area contributed by atoms with Crippen molar-refractivity contribution >= 4 is 65.0 Å². The first kappa shape index (κ1) is 24.3. The lowest BCUT2D eigenvalue weighted by Gasteiger charge is -2.19. The fourth-order valence-corrected chi connectivity index (χ4v) is 8.23. The molecule has 1 heteroatoms. The zero-order valence-electron chi connectivity index (χ0n) is 34.4. The Balaban J connectivity index is 1.19. The number of hydrogen-bond donors (Lipinski definition) is 0. The topological polar surface area (TPSA) is 13.1 Å². The SMILES string of the molecule is [2H]c1c([2H])c([2H])c2c(-c3c4ccccc4c(-c4ccccc4)c4ccccc34)c([2H])c([2H])c(-c3ccc4c(c3)oc3cc(-c5cccc6ccccc56)ccc34)c2c1[2H]. The molecule has 0 N–H and O–H groups in total. The summed E-state index contributed by atoms with van der Waals surface area (Å²) in [7, 11) is 0. The zero-order chi connectivity index (χ0) is 40.1. The van der Waals surface area contributed by atoms with E-state index in [1.165, 1.54) is 0 Å². The summed E-state index contributed by atoms with van der Waals surface area (Å²) < 4.78 is 62.6. The van der Waals surface area contributed by atoms with Crippen LogP contribution in [0.4, 0.5) is 0 Å². The molecule has 0 saturated heterocycles. The number of rotatable bonds is 4. The fraction of sp³-hybridized carbons (Fsp3) is 0. The first-order chi connectivity index (χ1) is 28.8. The minimum atomic E-state index is -0.397. The van der Waals surface area contributed by atoms with Crippen LogP contribution in [-0.2, 0) is 0 Å². The third-order valence-corrected chi connectivity index (χ3v) is 10.6. The minimum Gasteiger partial charge on any atom is -0.456 e. The summed E-state index contributed by atoms with van der Waals surface area (Å²) in [5.41, 5.74) is 7.22. The van der Waals surface area contributed by atoms with Crippen LogP contribution in [0, 0.1) is 0 Å². The minimum absolute atomic E-state index is 0.121. The largest absolute Gasteiger partial charge is 0.456 e. The first-order valence-corrected chi connectivity index (χ1v) is 17.8. The fourth-order valence-electron chi connectivity index (χ4n) is 8.23. The quantitative estimate of drug-likeness (QED) is 0.169. The van der Waals surface area contributed by atoms with Crippen molar-refractivity contribution in [1.29, 1.82) is 0 Å². The van der Waals surface area contributed by atoms with E-state index in [0.29, 0.717) is 27.9 Å². The molecule has 0 aliphatic heterocycles. The summed E-state index contributed by atoms with van der Waals surface area (Å²) in [4.78, 5) is 0. The number of fused-ring (bicyclic) bond motifs is 7. The maximum absolute atomic E-state index is 9.81. The number of benzene rings is 10. The van der Waals surface area contributed by atoms with Crippen molar-refractivity contribution in [2.24, 2.45) is 0 Å². The summed E-state index contributed by atoms with van der Waals surface area (Å²) in [6.07, 6.45) is 0. The Labute approximate surface area is 315 Å². The van der Waals surface area contributed by atoms with Crippen LogP contribution in [0.15, 0.2) is 198 Å². The van der Waals surface area contributed by atoms with E-state index in [9.17, 15) is 5.48 Å². The molecule has 246 valence electrons. The molecule has 11 aromatic rings. The second kappa shape index (κ2) is 11.8. The Morgan fingerprint density at radius 1 is 0.321 bits per heavy atom. The highest BCUT2D eigenvalue weighted by Gasteiger charge is 2.19. The number of furan rings is 1. The monoisotopic (exact) mass is 678 g/mol. The predicted octanol–water partition coefficient (Wildman–Crippen LogP) is 14.9. The smallest absolute Gasteiger partial charge is 0.136 e. The highest BCUT2D eigenvalue weighted by molar-refractivity contribution is 6.24. The summed E-state index contributed by atoms with van der Waals surface area (Å²) in [6, 6.07) is 51.0. The van der Waals surface area contributed by atoms with Crippen LogP contribution in [0.5, 0.6) is 0 Å². The van der Waals surface area contributed by atoms with E-state index in [1.807, 2.05) is 91.0 Å². The van der Waals surface area contributed by atoms with E-state index < -0.39 is 12.1 Å². The normalized spacial score (nSPS) is 13.4. The Kier molecular flexibility index (Phi) is 5.40. The van der Waals surface area contributed by atoms with Gasteiger partial charge in [-0.2, -0.15) is 0 Å². The molecular formula is C52H32O. The lowest BCUT2D eigenvalue weighted by molar-refractivity contribution is 0.669. The van der Waals surface area contributed by atoms with Gasteiger partial charge in [-0.05, 0) is 112 Å². The summed E-state index contributed by atoms with van der Waals surface area (Å²) in [6.45, 7) is 0. The van der Waals surface area contributed by atoms with Crippen LogP contribution in [0.25, 0.3) is 110 Å². The van der Waals surface area contributed by atoms with Gasteiger partial charge in [-0.1, -0.05) is 170 Å². The molecule has 10 aromatic carbocycles. The van der Waals surface area contributed by atoms with Gasteiger partial charge in [-0.25, -0.2) is 0 Å². The Hall–Kier alpha value is -6.96. The average Bonchev–Trinajstić information content (AvgIpc) is 3.65. The summed E-state index contributed by atoms with van der Waals surface area (Å²) in [5, 5.41) is 8.05. The molecule has 0 radical (unpaired) electrons. The van der Waals surface area contributed by atoms with Crippen molar-refractivity contribution in [2.75, 3.05) is 0 Å². The van der Waals surface area contributed by atoms with E-state index >= 15 is 0 Å². The van der Waals surface area contributed by atoms with Crippen molar-refractivity contribution in [3.63, 3.8) is 0 Å². The Morgan fingerprint density at radius 2 is 0.830 bits per heavy atom. The van der Waals surface area contributed by atoms with Crippen LogP contribution in [-0.4, -0.2) is 0 Å². The van der Waals surface area contributed by atoms with Gasteiger partial charge < -0.3 is 4.42 Å². The zero-order valence-corrected chi connectivity index (χ0v) is 28.4. The van der Waals surface area contributed by atoms with Gasteiger partial charge in [0.1, 0.15) is 11.2 Å². The van der Waals surface area contributed by atoms with Crippen molar-refractivity contribution < 1.29 is 12.6 Å². The molecule has 11 rings (SSSR count). The van der Waals surface area contributed by atoms with E-state index in [1.54, 1.807) is 0 Å². The molecule has 1 aromatic heterocycles. The maximum atomic E-state index is 9.81. The molecule has 0 bridgehead atoms. The van der Waals surface area contributed by atoms with Gasteiger partial charge in [0.2, 0.25) is 0 Å². The van der Waals surface area contributed by atoms with Crippen LogP contribution < -0.4 is 0 Å². The van der Waals surface area contributed by atoms with Crippen molar-refractivity contribution in [2.45, 2.75) is 0 Å². The molecule has 0 aliphatic rings. The van der Waals surface area contributed by atoms with Crippen LogP contribution in [0.2, 0.25) is 0 Å². The standard InChI is InChI=1S/C52H32O/c1-2-14-34(15-3-1)51-44-20-8-10-22-46(44)52(47-23-11-9-21-45(47)51)48-30-29-39(40-18-6-7-19-41(40)48)36-26-28-43-42-27-25-35(31-49(42)53-50(43)32-36)38-24-12-16-33-13-4-5-17-37(33)38/h1-32H/i6D,7D,18D,19D,29D,30D. The first-order valence-electron chi connectivity index (χ1n) is 20.8. The van der Waals surface area contributed by atoms with Gasteiger partial charge >= 0.3 is 0 Å². The predicted molar refractivity (Wildman–Crippen MR) is 225 cm³/mol. The van der Waals surface area contributed by atoms with Gasteiger partial charge in [0.05, 0.1) is 8.22 Å². The third kappa shape index (κ3) is 4.64. The summed E-state index contributed by atoms with van der Waals surface area (Å²) >= 11 is 0.